The summed E-state index contributed by atoms with van der Waals surface area (Å²) in [5.41, 5.74) is 0.553. The van der Waals surface area contributed by atoms with Crippen molar-refractivity contribution < 1.29 is 23.8 Å². The van der Waals surface area contributed by atoms with E-state index >= 15 is 0 Å². The third-order valence-electron chi connectivity index (χ3n) is 5.05. The van der Waals surface area contributed by atoms with Crippen molar-refractivity contribution in [2.75, 3.05) is 19.7 Å². The van der Waals surface area contributed by atoms with E-state index < -0.39 is 17.8 Å². The molecule has 0 aliphatic carbocycles. The summed E-state index contributed by atoms with van der Waals surface area (Å²) in [7, 11) is 0. The smallest absolute Gasteiger partial charge is 0.421 e. The summed E-state index contributed by atoms with van der Waals surface area (Å²) in [6, 6.07) is 8.86. The van der Waals surface area contributed by atoms with E-state index in [1.165, 1.54) is 0 Å². The van der Waals surface area contributed by atoms with E-state index in [4.69, 9.17) is 19.5 Å². The normalized spacial score (nSPS) is 21.6. The number of carbonyl (C=O) groups is 2. The number of unbranched alkanes of at least 4 members (excludes halogenated alkanes) is 2. The van der Waals surface area contributed by atoms with Crippen LogP contribution in [0.15, 0.2) is 24.3 Å². The SMILES string of the molecule is CCCCCN1CCCC(COc2ccc(C#N)cc2)C12OC(=O)C(=O)O2. The summed E-state index contributed by atoms with van der Waals surface area (Å²) >= 11 is 0. The lowest BCUT2D eigenvalue weighted by molar-refractivity contribution is -0.294. The van der Waals surface area contributed by atoms with E-state index in [1.54, 1.807) is 24.3 Å². The van der Waals surface area contributed by atoms with Crippen molar-refractivity contribution >= 4 is 11.9 Å². The number of carbonyl (C=O) groups excluding carboxylic acids is 2. The molecule has 7 nitrogen and oxygen atoms in total. The van der Waals surface area contributed by atoms with E-state index in [-0.39, 0.29) is 12.5 Å². The average Bonchev–Trinajstić information content (AvgIpc) is 2.98. The van der Waals surface area contributed by atoms with Gasteiger partial charge in [0.1, 0.15) is 12.4 Å². The van der Waals surface area contributed by atoms with Gasteiger partial charge in [-0.1, -0.05) is 19.8 Å². The van der Waals surface area contributed by atoms with Gasteiger partial charge in [-0.3, -0.25) is 0 Å². The summed E-state index contributed by atoms with van der Waals surface area (Å²) < 4.78 is 16.8. The molecule has 144 valence electrons. The first-order valence-electron chi connectivity index (χ1n) is 9.43. The maximum atomic E-state index is 11.8. The van der Waals surface area contributed by atoms with Crippen LogP contribution < -0.4 is 4.74 Å². The largest absolute Gasteiger partial charge is 0.493 e. The highest BCUT2D eigenvalue weighted by Crippen LogP contribution is 2.40. The van der Waals surface area contributed by atoms with Crippen LogP contribution in [0.2, 0.25) is 0 Å². The molecule has 2 aliphatic heterocycles. The molecule has 7 heteroatoms. The first-order valence-corrected chi connectivity index (χ1v) is 9.43. The highest BCUT2D eigenvalue weighted by atomic mass is 16.8. The molecule has 2 aliphatic rings. The molecule has 1 aromatic carbocycles. The zero-order valence-corrected chi connectivity index (χ0v) is 15.5. The van der Waals surface area contributed by atoms with Gasteiger partial charge in [-0.2, -0.15) is 5.26 Å². The van der Waals surface area contributed by atoms with Crippen LogP contribution in [0.4, 0.5) is 0 Å². The molecule has 0 N–H and O–H groups in total. The molecule has 2 saturated heterocycles. The lowest BCUT2D eigenvalue weighted by Crippen LogP contribution is -2.60. The fourth-order valence-electron chi connectivity index (χ4n) is 3.62. The Hall–Kier alpha value is -2.59. The van der Waals surface area contributed by atoms with Gasteiger partial charge in [-0.05, 0) is 43.5 Å². The van der Waals surface area contributed by atoms with E-state index in [0.717, 1.165) is 32.1 Å². The fraction of sp³-hybridized carbons (Fsp3) is 0.550. The minimum atomic E-state index is -1.37. The van der Waals surface area contributed by atoms with E-state index in [0.29, 0.717) is 24.4 Å². The van der Waals surface area contributed by atoms with Crippen molar-refractivity contribution in [3.63, 3.8) is 0 Å². The highest BCUT2D eigenvalue weighted by Gasteiger charge is 2.59. The highest BCUT2D eigenvalue weighted by molar-refractivity contribution is 6.31. The van der Waals surface area contributed by atoms with Gasteiger partial charge >= 0.3 is 17.8 Å². The maximum absolute atomic E-state index is 11.8. The number of ether oxygens (including phenoxy) is 3. The van der Waals surface area contributed by atoms with Crippen LogP contribution in [-0.2, 0) is 19.1 Å². The third kappa shape index (κ3) is 4.06. The summed E-state index contributed by atoms with van der Waals surface area (Å²) in [4.78, 5) is 25.6. The third-order valence-corrected chi connectivity index (χ3v) is 5.05. The first kappa shape index (κ1) is 19.2. The molecule has 2 fully saturated rings. The number of piperidine rings is 1. The average molecular weight is 372 g/mol. The van der Waals surface area contributed by atoms with E-state index in [2.05, 4.69) is 13.0 Å². The van der Waals surface area contributed by atoms with Gasteiger partial charge in [0, 0.05) is 13.1 Å². The molecule has 0 radical (unpaired) electrons. The van der Waals surface area contributed by atoms with Gasteiger partial charge in [0.05, 0.1) is 17.6 Å². The Labute approximate surface area is 158 Å². The number of benzene rings is 1. The summed E-state index contributed by atoms with van der Waals surface area (Å²) in [6.45, 7) is 3.77. The van der Waals surface area contributed by atoms with Gasteiger partial charge in [0.2, 0.25) is 0 Å². The molecule has 1 spiro atoms. The Balaban J connectivity index is 1.73. The quantitative estimate of drug-likeness (QED) is 0.413. The second kappa shape index (κ2) is 8.40. The lowest BCUT2D eigenvalue weighted by atomic mass is 9.93. The standard InChI is InChI=1S/C20H24N2O5/c1-2-3-4-11-22-12-5-6-16(20(22)26-18(23)19(24)27-20)14-25-17-9-7-15(13-21)8-10-17/h7-10,16H,2-6,11-12,14H2,1H3. The Morgan fingerprint density at radius 3 is 2.56 bits per heavy atom. The Kier molecular flexibility index (Phi) is 5.97. The first-order chi connectivity index (χ1) is 13.1. The molecular formula is C20H24N2O5. The maximum Gasteiger partial charge on any atom is 0.421 e. The monoisotopic (exact) mass is 372 g/mol. The van der Waals surface area contributed by atoms with Crippen LogP contribution in [0.5, 0.6) is 5.75 Å². The molecular weight excluding hydrogens is 348 g/mol. The molecule has 27 heavy (non-hydrogen) atoms. The number of likely N-dealkylation sites (tertiary alicyclic amines) is 1. The predicted octanol–water partition coefficient (Wildman–Crippen LogP) is 2.59. The molecule has 2 heterocycles. The van der Waals surface area contributed by atoms with Crippen molar-refractivity contribution in [2.24, 2.45) is 5.92 Å². The number of nitrogens with zero attached hydrogens (tertiary/aromatic N) is 2. The van der Waals surface area contributed by atoms with Crippen LogP contribution in [0, 0.1) is 17.2 Å². The number of esters is 2. The Morgan fingerprint density at radius 2 is 1.93 bits per heavy atom. The number of hydrogen-bond donors (Lipinski definition) is 0. The molecule has 1 aromatic rings. The molecule has 0 amide bonds. The predicted molar refractivity (Wildman–Crippen MR) is 95.4 cm³/mol. The van der Waals surface area contributed by atoms with Crippen molar-refractivity contribution in [3.8, 4) is 11.8 Å². The molecule has 1 unspecified atom stereocenters. The van der Waals surface area contributed by atoms with E-state index in [9.17, 15) is 9.59 Å². The number of hydrogen-bond acceptors (Lipinski definition) is 7. The van der Waals surface area contributed by atoms with Crippen molar-refractivity contribution in [3.05, 3.63) is 29.8 Å². The van der Waals surface area contributed by atoms with Crippen LogP contribution in [0.25, 0.3) is 0 Å². The van der Waals surface area contributed by atoms with Crippen LogP contribution in [-0.4, -0.2) is 42.4 Å². The van der Waals surface area contributed by atoms with E-state index in [1.807, 2.05) is 4.90 Å². The number of nitriles is 1. The fourth-order valence-corrected chi connectivity index (χ4v) is 3.62. The Bertz CT molecular complexity index is 709. The van der Waals surface area contributed by atoms with Gasteiger partial charge < -0.3 is 14.2 Å². The molecule has 0 aromatic heterocycles. The van der Waals surface area contributed by atoms with Crippen LogP contribution in [0.3, 0.4) is 0 Å². The zero-order chi connectivity index (χ0) is 19.3. The summed E-state index contributed by atoms with van der Waals surface area (Å²) in [5.74, 6) is -2.92. The summed E-state index contributed by atoms with van der Waals surface area (Å²) in [6.07, 6.45) is 4.70. The van der Waals surface area contributed by atoms with Crippen LogP contribution in [0.1, 0.15) is 44.6 Å². The van der Waals surface area contributed by atoms with Crippen molar-refractivity contribution in [2.45, 2.75) is 44.9 Å². The molecule has 1 atom stereocenters. The summed E-state index contributed by atoms with van der Waals surface area (Å²) in [5, 5.41) is 8.88. The minimum absolute atomic E-state index is 0.247. The number of rotatable bonds is 7. The van der Waals surface area contributed by atoms with Gasteiger partial charge in [-0.15, -0.1) is 0 Å². The van der Waals surface area contributed by atoms with Gasteiger partial charge in [0.25, 0.3) is 0 Å². The lowest BCUT2D eigenvalue weighted by Gasteiger charge is -2.45. The Morgan fingerprint density at radius 1 is 1.22 bits per heavy atom. The second-order valence-corrected chi connectivity index (χ2v) is 6.89. The second-order valence-electron chi connectivity index (χ2n) is 6.89. The topological polar surface area (TPSA) is 88.9 Å². The molecule has 0 saturated carbocycles. The zero-order valence-electron chi connectivity index (χ0n) is 15.5. The van der Waals surface area contributed by atoms with Crippen molar-refractivity contribution in [1.29, 1.82) is 5.26 Å². The van der Waals surface area contributed by atoms with Crippen LogP contribution >= 0.6 is 0 Å². The van der Waals surface area contributed by atoms with Gasteiger partial charge in [-0.25, -0.2) is 14.5 Å². The molecule has 3 rings (SSSR count). The van der Waals surface area contributed by atoms with Gasteiger partial charge in [0.15, 0.2) is 0 Å². The molecule has 0 bridgehead atoms. The minimum Gasteiger partial charge on any atom is -0.493 e. The van der Waals surface area contributed by atoms with Crippen molar-refractivity contribution in [1.82, 2.24) is 4.90 Å².